The van der Waals surface area contributed by atoms with Crippen molar-refractivity contribution in [3.63, 3.8) is 0 Å². The topological polar surface area (TPSA) is 16.4 Å². The van der Waals surface area contributed by atoms with E-state index in [1.807, 2.05) is 0 Å². The molecule has 242 valence electrons. The van der Waals surface area contributed by atoms with Gasteiger partial charge in [0.2, 0.25) is 0 Å². The first-order valence-electron chi connectivity index (χ1n) is 17.7. The number of hydrogen-bond acceptors (Lipinski definition) is 2. The molecule has 1 heterocycles. The van der Waals surface area contributed by atoms with E-state index in [1.54, 1.807) is 0 Å². The molecule has 0 saturated heterocycles. The van der Waals surface area contributed by atoms with Crippen LogP contribution in [-0.2, 0) is 5.41 Å². The molecule has 1 aromatic heterocycles. The molecule has 2 heteroatoms. The summed E-state index contributed by atoms with van der Waals surface area (Å²) in [5, 5.41) is 4.60. The van der Waals surface area contributed by atoms with Gasteiger partial charge in [0.25, 0.3) is 0 Å². The monoisotopic (exact) mass is 653 g/mol. The Morgan fingerprint density at radius 3 is 1.94 bits per heavy atom. The van der Waals surface area contributed by atoms with Crippen LogP contribution in [0.4, 0.5) is 17.1 Å². The van der Waals surface area contributed by atoms with Crippen LogP contribution in [0.15, 0.2) is 180 Å². The molecule has 1 aliphatic rings. The highest BCUT2D eigenvalue weighted by Gasteiger charge is 2.35. The zero-order valence-corrected chi connectivity index (χ0v) is 28.6. The molecule has 1 aliphatic carbocycles. The van der Waals surface area contributed by atoms with Crippen molar-refractivity contribution in [3.05, 3.63) is 187 Å². The summed E-state index contributed by atoms with van der Waals surface area (Å²) in [7, 11) is 0. The number of hydrogen-bond donors (Lipinski definition) is 0. The van der Waals surface area contributed by atoms with Gasteiger partial charge in [-0.1, -0.05) is 141 Å². The lowest BCUT2D eigenvalue weighted by Crippen LogP contribution is -2.16. The second kappa shape index (κ2) is 11.3. The Kier molecular flexibility index (Phi) is 6.56. The number of anilines is 3. The first kappa shape index (κ1) is 29.5. The van der Waals surface area contributed by atoms with Crippen molar-refractivity contribution in [3.8, 4) is 33.4 Å². The molecule has 0 fully saturated rings. The van der Waals surface area contributed by atoms with E-state index in [0.29, 0.717) is 0 Å². The Labute approximate surface area is 297 Å². The van der Waals surface area contributed by atoms with E-state index in [4.69, 9.17) is 4.42 Å². The maximum Gasteiger partial charge on any atom is 0.143 e. The highest BCUT2D eigenvalue weighted by atomic mass is 16.3. The van der Waals surface area contributed by atoms with Crippen LogP contribution in [0, 0.1) is 0 Å². The van der Waals surface area contributed by atoms with E-state index in [-0.39, 0.29) is 5.41 Å². The van der Waals surface area contributed by atoms with E-state index in [2.05, 4.69) is 195 Å². The van der Waals surface area contributed by atoms with Crippen LogP contribution in [0.2, 0.25) is 0 Å². The lowest BCUT2D eigenvalue weighted by atomic mass is 9.82. The average molecular weight is 654 g/mol. The SMILES string of the molecule is CC1(C)c2ccccc2-c2ccc(N(c3cccc(-c4ccccc4)c3)c3cccc(-c4cccc5oc6c7ccccc7ccc6c45)c3)cc21. The fourth-order valence-electron chi connectivity index (χ4n) is 8.34. The van der Waals surface area contributed by atoms with Gasteiger partial charge in [-0.3, -0.25) is 0 Å². The molecule has 0 aliphatic heterocycles. The molecule has 51 heavy (non-hydrogen) atoms. The summed E-state index contributed by atoms with van der Waals surface area (Å²) in [4.78, 5) is 2.41. The van der Waals surface area contributed by atoms with Crippen molar-refractivity contribution in [2.45, 2.75) is 19.3 Å². The molecule has 0 atom stereocenters. The van der Waals surface area contributed by atoms with Crippen molar-refractivity contribution >= 4 is 49.8 Å². The van der Waals surface area contributed by atoms with Crippen LogP contribution in [-0.4, -0.2) is 0 Å². The summed E-state index contributed by atoms with van der Waals surface area (Å²) < 4.78 is 6.58. The highest BCUT2D eigenvalue weighted by molar-refractivity contribution is 6.19. The van der Waals surface area contributed by atoms with E-state index in [9.17, 15) is 0 Å². The molecular formula is C49H35NO. The van der Waals surface area contributed by atoms with E-state index >= 15 is 0 Å². The molecule has 0 saturated carbocycles. The van der Waals surface area contributed by atoms with Crippen LogP contribution in [0.5, 0.6) is 0 Å². The summed E-state index contributed by atoms with van der Waals surface area (Å²) in [6.45, 7) is 4.70. The number of nitrogens with zero attached hydrogens (tertiary/aromatic N) is 1. The highest BCUT2D eigenvalue weighted by Crippen LogP contribution is 2.51. The quantitative estimate of drug-likeness (QED) is 0.184. The Hall–Kier alpha value is -6.38. The van der Waals surface area contributed by atoms with Gasteiger partial charge in [-0.25, -0.2) is 0 Å². The second-order valence-electron chi connectivity index (χ2n) is 14.1. The zero-order chi connectivity index (χ0) is 34.1. The summed E-state index contributed by atoms with van der Waals surface area (Å²) in [6, 6.07) is 63.7. The Morgan fingerprint density at radius 2 is 1.08 bits per heavy atom. The lowest BCUT2D eigenvalue weighted by Gasteiger charge is -2.29. The van der Waals surface area contributed by atoms with Gasteiger partial charge in [0.05, 0.1) is 0 Å². The van der Waals surface area contributed by atoms with Crippen molar-refractivity contribution in [1.82, 2.24) is 0 Å². The Balaban J connectivity index is 1.17. The predicted octanol–water partition coefficient (Wildman–Crippen LogP) is 13.8. The minimum atomic E-state index is -0.108. The van der Waals surface area contributed by atoms with Gasteiger partial charge in [-0.2, -0.15) is 0 Å². The number of furan rings is 1. The van der Waals surface area contributed by atoms with Crippen LogP contribution in [0.25, 0.3) is 66.1 Å². The van der Waals surface area contributed by atoms with Gasteiger partial charge < -0.3 is 9.32 Å². The van der Waals surface area contributed by atoms with Crippen molar-refractivity contribution < 1.29 is 4.42 Å². The fourth-order valence-corrected chi connectivity index (χ4v) is 8.34. The Bertz CT molecular complexity index is 2790. The van der Waals surface area contributed by atoms with Crippen LogP contribution in [0.1, 0.15) is 25.0 Å². The second-order valence-corrected chi connectivity index (χ2v) is 14.1. The third kappa shape index (κ3) is 4.64. The lowest BCUT2D eigenvalue weighted by molar-refractivity contribution is 0.660. The van der Waals surface area contributed by atoms with Gasteiger partial charge in [0.15, 0.2) is 0 Å². The molecule has 0 N–H and O–H groups in total. The van der Waals surface area contributed by atoms with Gasteiger partial charge in [-0.15, -0.1) is 0 Å². The number of fused-ring (bicyclic) bond motifs is 8. The molecule has 10 rings (SSSR count). The molecule has 2 nitrogen and oxygen atoms in total. The molecule has 0 bridgehead atoms. The summed E-state index contributed by atoms with van der Waals surface area (Å²) >= 11 is 0. The van der Waals surface area contributed by atoms with Gasteiger partial charge in [0, 0.05) is 38.6 Å². The maximum atomic E-state index is 6.58. The molecular weight excluding hydrogens is 619 g/mol. The maximum absolute atomic E-state index is 6.58. The normalized spacial score (nSPS) is 13.1. The van der Waals surface area contributed by atoms with E-state index in [0.717, 1.165) is 55.5 Å². The summed E-state index contributed by atoms with van der Waals surface area (Å²) in [5.74, 6) is 0. The van der Waals surface area contributed by atoms with Crippen LogP contribution in [0.3, 0.4) is 0 Å². The van der Waals surface area contributed by atoms with Gasteiger partial charge in [-0.05, 0) is 98.4 Å². The molecule has 0 amide bonds. The molecule has 9 aromatic rings. The zero-order valence-electron chi connectivity index (χ0n) is 28.6. The first-order chi connectivity index (χ1) is 25.0. The largest absolute Gasteiger partial charge is 0.455 e. The van der Waals surface area contributed by atoms with Crippen molar-refractivity contribution in [2.24, 2.45) is 0 Å². The third-order valence-electron chi connectivity index (χ3n) is 10.8. The fraction of sp³-hybridized carbons (Fsp3) is 0.0612. The molecule has 0 spiro atoms. The smallest absolute Gasteiger partial charge is 0.143 e. The van der Waals surface area contributed by atoms with Crippen LogP contribution < -0.4 is 4.90 Å². The standard InChI is InChI=1S/C49H35NO/c1-49(2)44-23-9-8-21-41(44)42-28-26-38(31-45(42)49)50(36-18-10-16-34(29-36)32-13-4-3-5-14-32)37-19-11-17-35(30-37)39-22-12-24-46-47(39)43-27-25-33-15-6-7-20-40(33)48(43)51-46/h3-31H,1-2H3. The third-order valence-corrected chi connectivity index (χ3v) is 10.8. The minimum absolute atomic E-state index is 0.108. The van der Waals surface area contributed by atoms with Gasteiger partial charge in [0.1, 0.15) is 11.2 Å². The number of rotatable bonds is 5. The minimum Gasteiger partial charge on any atom is -0.455 e. The summed E-state index contributed by atoms with van der Waals surface area (Å²) in [6.07, 6.45) is 0. The van der Waals surface area contributed by atoms with Gasteiger partial charge >= 0.3 is 0 Å². The molecule has 8 aromatic carbocycles. The van der Waals surface area contributed by atoms with Crippen LogP contribution >= 0.6 is 0 Å². The first-order valence-corrected chi connectivity index (χ1v) is 17.7. The molecule has 0 unspecified atom stereocenters. The van der Waals surface area contributed by atoms with Crippen molar-refractivity contribution in [2.75, 3.05) is 4.90 Å². The average Bonchev–Trinajstić information content (AvgIpc) is 3.68. The molecule has 0 radical (unpaired) electrons. The predicted molar refractivity (Wildman–Crippen MR) is 214 cm³/mol. The van der Waals surface area contributed by atoms with E-state index < -0.39 is 0 Å². The Morgan fingerprint density at radius 1 is 0.431 bits per heavy atom. The summed E-state index contributed by atoms with van der Waals surface area (Å²) in [5.41, 5.74) is 15.1. The van der Waals surface area contributed by atoms with E-state index in [1.165, 1.54) is 38.8 Å². The van der Waals surface area contributed by atoms with Crippen molar-refractivity contribution in [1.29, 1.82) is 0 Å². The number of benzene rings is 8.